The van der Waals surface area contributed by atoms with E-state index in [1.165, 1.54) is 6.07 Å². The smallest absolute Gasteiger partial charge is 0.144 e. The Bertz CT molecular complexity index is 881. The average molecular weight is 376 g/mol. The van der Waals surface area contributed by atoms with Gasteiger partial charge in [-0.05, 0) is 24.3 Å². The van der Waals surface area contributed by atoms with Crippen molar-refractivity contribution < 1.29 is 13.9 Å². The molecule has 26 heavy (non-hydrogen) atoms. The van der Waals surface area contributed by atoms with Crippen molar-refractivity contribution >= 4 is 34.5 Å². The van der Waals surface area contributed by atoms with Crippen LogP contribution in [0.3, 0.4) is 0 Å². The van der Waals surface area contributed by atoms with E-state index >= 15 is 0 Å². The van der Waals surface area contributed by atoms with E-state index in [2.05, 4.69) is 4.90 Å². The zero-order chi connectivity index (χ0) is 18.3. The summed E-state index contributed by atoms with van der Waals surface area (Å²) in [5.74, 6) is 1.10. The molecule has 136 valence electrons. The Morgan fingerprint density at radius 1 is 1.15 bits per heavy atom. The second-order valence-electron chi connectivity index (χ2n) is 6.23. The maximum Gasteiger partial charge on any atom is 0.144 e. The van der Waals surface area contributed by atoms with Gasteiger partial charge in [0.1, 0.15) is 17.4 Å². The van der Waals surface area contributed by atoms with Crippen molar-refractivity contribution in [1.29, 1.82) is 0 Å². The normalized spacial score (nSPS) is 16.5. The molecule has 0 aliphatic carbocycles. The molecule has 2 aromatic carbocycles. The Labute approximate surface area is 156 Å². The number of aliphatic imine (C=N–C) groups is 1. The molecule has 0 bridgehead atoms. The predicted molar refractivity (Wildman–Crippen MR) is 101 cm³/mol. The largest absolute Gasteiger partial charge is 0.497 e. The topological polar surface area (TPSA) is 37.3 Å². The highest BCUT2D eigenvalue weighted by molar-refractivity contribution is 6.31. The second kappa shape index (κ2) is 6.78. The van der Waals surface area contributed by atoms with Gasteiger partial charge >= 0.3 is 0 Å². The van der Waals surface area contributed by atoms with Gasteiger partial charge in [0.05, 0.1) is 42.4 Å². The molecule has 0 unspecified atom stereocenters. The van der Waals surface area contributed by atoms with Gasteiger partial charge in [0.25, 0.3) is 0 Å². The fourth-order valence-corrected chi connectivity index (χ4v) is 3.48. The molecule has 0 saturated carbocycles. The fourth-order valence-electron chi connectivity index (χ4n) is 3.32. The number of hydrogen-bond donors (Lipinski definition) is 0. The number of rotatable bonds is 1. The molecule has 2 aromatic rings. The molecule has 0 atom stereocenters. The summed E-state index contributed by atoms with van der Waals surface area (Å²) in [6.07, 6.45) is 0. The number of nitrogens with zero attached hydrogens (tertiary/aromatic N) is 3. The highest BCUT2D eigenvalue weighted by atomic mass is 35.5. The highest BCUT2D eigenvalue weighted by Gasteiger charge is 2.27. The lowest BCUT2D eigenvalue weighted by molar-refractivity contribution is 0.0683. The molecule has 1 fully saturated rings. The van der Waals surface area contributed by atoms with E-state index in [-0.39, 0.29) is 5.02 Å². The molecule has 7 heteroatoms. The Hall–Kier alpha value is -2.31. The van der Waals surface area contributed by atoms with Crippen LogP contribution in [0.2, 0.25) is 5.02 Å². The number of ether oxygens (including phenoxy) is 2. The van der Waals surface area contributed by atoms with E-state index in [1.807, 2.05) is 30.1 Å². The second-order valence-corrected chi connectivity index (χ2v) is 6.64. The molecule has 0 amide bonds. The summed E-state index contributed by atoms with van der Waals surface area (Å²) in [5.41, 5.74) is 3.16. The number of anilines is 2. The Kier molecular flexibility index (Phi) is 4.46. The SMILES string of the molecule is COc1ccc2c(c1)C(N1CCOCC1)=Nc1cc(Cl)c(F)cc1N2C. The number of amidine groups is 1. The third-order valence-electron chi connectivity index (χ3n) is 4.72. The number of fused-ring (bicyclic) bond motifs is 2. The number of methoxy groups -OCH3 is 1. The minimum absolute atomic E-state index is 0.0609. The van der Waals surface area contributed by atoms with Crippen molar-refractivity contribution in [3.05, 3.63) is 46.7 Å². The van der Waals surface area contributed by atoms with Crippen molar-refractivity contribution in [1.82, 2.24) is 4.90 Å². The van der Waals surface area contributed by atoms with Gasteiger partial charge in [-0.1, -0.05) is 11.6 Å². The van der Waals surface area contributed by atoms with Gasteiger partial charge in [-0.25, -0.2) is 9.38 Å². The van der Waals surface area contributed by atoms with E-state index in [1.54, 1.807) is 13.2 Å². The van der Waals surface area contributed by atoms with Crippen molar-refractivity contribution in [3.8, 4) is 5.75 Å². The molecule has 2 aliphatic rings. The van der Waals surface area contributed by atoms with E-state index in [0.29, 0.717) is 24.6 Å². The zero-order valence-corrected chi connectivity index (χ0v) is 15.4. The van der Waals surface area contributed by atoms with Crippen LogP contribution >= 0.6 is 11.6 Å². The van der Waals surface area contributed by atoms with Gasteiger partial charge in [0.15, 0.2) is 0 Å². The van der Waals surface area contributed by atoms with Crippen LogP contribution in [0.25, 0.3) is 0 Å². The molecule has 0 radical (unpaired) electrons. The maximum atomic E-state index is 14.1. The molecule has 2 heterocycles. The first-order chi connectivity index (χ1) is 12.6. The number of morpholine rings is 1. The van der Waals surface area contributed by atoms with E-state index in [0.717, 1.165) is 35.9 Å². The minimum Gasteiger partial charge on any atom is -0.497 e. The lowest BCUT2D eigenvalue weighted by atomic mass is 10.1. The molecule has 5 nitrogen and oxygen atoms in total. The van der Waals surface area contributed by atoms with Crippen molar-refractivity contribution in [2.45, 2.75) is 0 Å². The van der Waals surface area contributed by atoms with Gasteiger partial charge < -0.3 is 19.3 Å². The summed E-state index contributed by atoms with van der Waals surface area (Å²) in [7, 11) is 3.53. The fraction of sp³-hybridized carbons (Fsp3) is 0.316. The molecule has 1 saturated heterocycles. The van der Waals surface area contributed by atoms with Crippen LogP contribution in [0, 0.1) is 5.82 Å². The maximum absolute atomic E-state index is 14.1. The number of halogens is 2. The Balaban J connectivity index is 1.95. The summed E-state index contributed by atoms with van der Waals surface area (Å²) < 4.78 is 25.0. The quantitative estimate of drug-likeness (QED) is 0.755. The summed E-state index contributed by atoms with van der Waals surface area (Å²) in [5, 5.41) is 0.0609. The molecular weight excluding hydrogens is 357 g/mol. The Morgan fingerprint density at radius 3 is 2.65 bits per heavy atom. The molecule has 0 spiro atoms. The van der Waals surface area contributed by atoms with Crippen molar-refractivity contribution in [2.75, 3.05) is 45.4 Å². The van der Waals surface area contributed by atoms with E-state index in [9.17, 15) is 4.39 Å². The van der Waals surface area contributed by atoms with Gasteiger partial charge in [-0.15, -0.1) is 0 Å². The predicted octanol–water partition coefficient (Wildman–Crippen LogP) is 3.98. The highest BCUT2D eigenvalue weighted by Crippen LogP contribution is 2.42. The van der Waals surface area contributed by atoms with Crippen LogP contribution in [0.5, 0.6) is 5.75 Å². The van der Waals surface area contributed by atoms with E-state index in [4.69, 9.17) is 26.1 Å². The number of benzene rings is 2. The van der Waals surface area contributed by atoms with E-state index < -0.39 is 5.82 Å². The number of hydrogen-bond acceptors (Lipinski definition) is 5. The third-order valence-corrected chi connectivity index (χ3v) is 5.01. The first kappa shape index (κ1) is 17.1. The van der Waals surface area contributed by atoms with Crippen LogP contribution in [-0.2, 0) is 4.74 Å². The molecule has 0 N–H and O–H groups in total. The van der Waals surface area contributed by atoms with Crippen LogP contribution < -0.4 is 9.64 Å². The van der Waals surface area contributed by atoms with Crippen LogP contribution in [-0.4, -0.2) is 51.2 Å². The summed E-state index contributed by atoms with van der Waals surface area (Å²) >= 11 is 6.02. The van der Waals surface area contributed by atoms with Crippen LogP contribution in [0.4, 0.5) is 21.5 Å². The molecular formula is C19H19ClFN3O2. The molecule has 4 rings (SSSR count). The Morgan fingerprint density at radius 2 is 1.92 bits per heavy atom. The average Bonchev–Trinajstić information content (AvgIpc) is 2.78. The lowest BCUT2D eigenvalue weighted by Gasteiger charge is -2.30. The van der Waals surface area contributed by atoms with Crippen LogP contribution in [0.15, 0.2) is 35.3 Å². The van der Waals surface area contributed by atoms with Gasteiger partial charge in [-0.2, -0.15) is 0 Å². The van der Waals surface area contributed by atoms with Crippen LogP contribution in [0.1, 0.15) is 5.56 Å². The van der Waals surface area contributed by atoms with Gasteiger partial charge in [0.2, 0.25) is 0 Å². The molecule has 0 aromatic heterocycles. The summed E-state index contributed by atoms with van der Waals surface area (Å²) in [6, 6.07) is 8.82. The zero-order valence-electron chi connectivity index (χ0n) is 14.6. The lowest BCUT2D eigenvalue weighted by Crippen LogP contribution is -2.41. The van der Waals surface area contributed by atoms with Crippen molar-refractivity contribution in [2.24, 2.45) is 4.99 Å². The minimum atomic E-state index is -0.461. The summed E-state index contributed by atoms with van der Waals surface area (Å²) in [6.45, 7) is 2.77. The summed E-state index contributed by atoms with van der Waals surface area (Å²) in [4.78, 5) is 8.98. The van der Waals surface area contributed by atoms with Crippen molar-refractivity contribution in [3.63, 3.8) is 0 Å². The first-order valence-corrected chi connectivity index (χ1v) is 8.79. The monoisotopic (exact) mass is 375 g/mol. The standard InChI is InChI=1S/C19H19ClFN3O2/c1-23-17-4-3-12(25-2)9-13(17)19(24-5-7-26-8-6-24)22-16-10-14(20)15(21)11-18(16)23/h3-4,9-11H,5-8H2,1-2H3. The molecule has 2 aliphatic heterocycles. The third kappa shape index (κ3) is 2.89. The van der Waals surface area contributed by atoms with Gasteiger partial charge in [-0.3, -0.25) is 0 Å². The first-order valence-electron chi connectivity index (χ1n) is 8.41. The van der Waals surface area contributed by atoms with Gasteiger partial charge in [0, 0.05) is 31.8 Å².